The first-order valence-corrected chi connectivity index (χ1v) is 11.7. The molecule has 1 heterocycles. The molecule has 1 fully saturated rings. The molecule has 0 bridgehead atoms. The van der Waals surface area contributed by atoms with Crippen LogP contribution in [0.25, 0.3) is 0 Å². The quantitative estimate of drug-likeness (QED) is 0.637. The van der Waals surface area contributed by atoms with Gasteiger partial charge in [-0.2, -0.15) is 0 Å². The SMILES string of the molecule is CC(NC(=O)c1ccccc1SCC(=O)N(C)C1CCCCC1)c1cccs1. The molecule has 28 heavy (non-hydrogen) atoms. The summed E-state index contributed by atoms with van der Waals surface area (Å²) in [5.74, 6) is 0.397. The first kappa shape index (κ1) is 20.9. The standard InChI is InChI=1S/C22H28N2O2S2/c1-16(19-13-8-14-27-19)23-22(26)18-11-6-7-12-20(18)28-15-21(25)24(2)17-9-4-3-5-10-17/h6-8,11-14,16-17H,3-5,9-10,15H2,1-2H3,(H,23,26). The highest BCUT2D eigenvalue weighted by atomic mass is 32.2. The molecule has 3 rings (SSSR count). The van der Waals surface area contributed by atoms with E-state index in [1.807, 2.05) is 60.6 Å². The topological polar surface area (TPSA) is 49.4 Å². The molecule has 1 aliphatic rings. The maximum absolute atomic E-state index is 12.8. The highest BCUT2D eigenvalue weighted by Crippen LogP contribution is 2.26. The van der Waals surface area contributed by atoms with Crippen LogP contribution in [0.1, 0.15) is 60.3 Å². The second-order valence-corrected chi connectivity index (χ2v) is 9.29. The lowest BCUT2D eigenvalue weighted by atomic mass is 9.94. The van der Waals surface area contributed by atoms with E-state index in [1.165, 1.54) is 31.0 Å². The summed E-state index contributed by atoms with van der Waals surface area (Å²) in [6.45, 7) is 1.99. The summed E-state index contributed by atoms with van der Waals surface area (Å²) in [7, 11) is 1.92. The molecule has 1 aliphatic carbocycles. The summed E-state index contributed by atoms with van der Waals surface area (Å²) < 4.78 is 0. The molecule has 0 saturated heterocycles. The summed E-state index contributed by atoms with van der Waals surface area (Å²) in [6, 6.07) is 11.9. The van der Waals surface area contributed by atoms with Gasteiger partial charge in [0.2, 0.25) is 5.91 Å². The van der Waals surface area contributed by atoms with Crippen molar-refractivity contribution in [2.75, 3.05) is 12.8 Å². The van der Waals surface area contributed by atoms with Crippen LogP contribution in [0, 0.1) is 0 Å². The fraction of sp³-hybridized carbons (Fsp3) is 0.455. The van der Waals surface area contributed by atoms with Crippen LogP contribution in [-0.4, -0.2) is 35.6 Å². The Balaban J connectivity index is 1.60. The van der Waals surface area contributed by atoms with E-state index in [0.29, 0.717) is 17.4 Å². The van der Waals surface area contributed by atoms with Crippen molar-refractivity contribution >= 4 is 34.9 Å². The summed E-state index contributed by atoms with van der Waals surface area (Å²) >= 11 is 3.08. The minimum absolute atomic E-state index is 0.0374. The van der Waals surface area contributed by atoms with Crippen molar-refractivity contribution in [3.05, 3.63) is 52.2 Å². The van der Waals surface area contributed by atoms with E-state index in [-0.39, 0.29) is 17.9 Å². The van der Waals surface area contributed by atoms with Crippen molar-refractivity contribution in [2.45, 2.75) is 56.0 Å². The van der Waals surface area contributed by atoms with Crippen LogP contribution in [0.4, 0.5) is 0 Å². The fourth-order valence-corrected chi connectivity index (χ4v) is 5.28. The average molecular weight is 417 g/mol. The highest BCUT2D eigenvalue weighted by molar-refractivity contribution is 8.00. The number of carbonyl (C=O) groups excluding carboxylic acids is 2. The molecule has 1 aromatic carbocycles. The third kappa shape index (κ3) is 5.39. The van der Waals surface area contributed by atoms with Gasteiger partial charge in [-0.05, 0) is 43.3 Å². The zero-order valence-corrected chi connectivity index (χ0v) is 18.2. The molecule has 1 saturated carbocycles. The summed E-state index contributed by atoms with van der Waals surface area (Å²) in [6.07, 6.45) is 5.90. The fourth-order valence-electron chi connectivity index (χ4n) is 3.58. The van der Waals surface area contributed by atoms with E-state index in [1.54, 1.807) is 11.3 Å². The number of carbonyl (C=O) groups is 2. The Kier molecular flexibility index (Phi) is 7.57. The highest BCUT2D eigenvalue weighted by Gasteiger charge is 2.22. The molecule has 2 aromatic rings. The number of benzene rings is 1. The van der Waals surface area contributed by atoms with Gasteiger partial charge in [0.05, 0.1) is 17.4 Å². The van der Waals surface area contributed by atoms with Crippen LogP contribution in [0.15, 0.2) is 46.7 Å². The Morgan fingerprint density at radius 2 is 1.93 bits per heavy atom. The van der Waals surface area contributed by atoms with E-state index in [0.717, 1.165) is 22.6 Å². The van der Waals surface area contributed by atoms with Crippen molar-refractivity contribution < 1.29 is 9.59 Å². The van der Waals surface area contributed by atoms with Gasteiger partial charge in [-0.1, -0.05) is 37.5 Å². The van der Waals surface area contributed by atoms with Gasteiger partial charge >= 0.3 is 0 Å². The van der Waals surface area contributed by atoms with Gasteiger partial charge in [0.15, 0.2) is 0 Å². The zero-order chi connectivity index (χ0) is 19.9. The molecule has 1 N–H and O–H groups in total. The molecule has 150 valence electrons. The second kappa shape index (κ2) is 10.1. The third-order valence-corrected chi connectivity index (χ3v) is 7.43. The van der Waals surface area contributed by atoms with Gasteiger partial charge in [0, 0.05) is 22.9 Å². The number of hydrogen-bond acceptors (Lipinski definition) is 4. The van der Waals surface area contributed by atoms with Gasteiger partial charge in [-0.15, -0.1) is 23.1 Å². The van der Waals surface area contributed by atoms with Gasteiger partial charge in [-0.3, -0.25) is 9.59 Å². The number of hydrogen-bond donors (Lipinski definition) is 1. The molecule has 2 amide bonds. The molecule has 0 aliphatic heterocycles. The Bertz CT molecular complexity index is 786. The van der Waals surface area contributed by atoms with E-state index in [9.17, 15) is 9.59 Å². The predicted molar refractivity (Wildman–Crippen MR) is 117 cm³/mol. The monoisotopic (exact) mass is 416 g/mol. The molecule has 1 unspecified atom stereocenters. The number of nitrogens with zero attached hydrogens (tertiary/aromatic N) is 1. The van der Waals surface area contributed by atoms with Gasteiger partial charge < -0.3 is 10.2 Å². The summed E-state index contributed by atoms with van der Waals surface area (Å²) in [5, 5.41) is 5.07. The lowest BCUT2D eigenvalue weighted by Crippen LogP contribution is -2.39. The van der Waals surface area contributed by atoms with Crippen LogP contribution in [0.2, 0.25) is 0 Å². The zero-order valence-electron chi connectivity index (χ0n) is 16.5. The average Bonchev–Trinajstić information content (AvgIpc) is 3.27. The third-order valence-electron chi connectivity index (χ3n) is 5.32. The van der Waals surface area contributed by atoms with Crippen LogP contribution in [0.3, 0.4) is 0 Å². The smallest absolute Gasteiger partial charge is 0.252 e. The van der Waals surface area contributed by atoms with Crippen LogP contribution >= 0.6 is 23.1 Å². The molecule has 1 aromatic heterocycles. The lowest BCUT2D eigenvalue weighted by Gasteiger charge is -2.31. The molecule has 6 heteroatoms. The molecule has 0 radical (unpaired) electrons. The van der Waals surface area contributed by atoms with Gasteiger partial charge in [0.1, 0.15) is 0 Å². The minimum Gasteiger partial charge on any atom is -0.345 e. The Morgan fingerprint density at radius 1 is 1.18 bits per heavy atom. The first-order valence-electron chi connectivity index (χ1n) is 9.88. The summed E-state index contributed by atoms with van der Waals surface area (Å²) in [4.78, 5) is 29.3. The number of amides is 2. The van der Waals surface area contributed by atoms with Crippen molar-refractivity contribution in [2.24, 2.45) is 0 Å². The van der Waals surface area contributed by atoms with Crippen molar-refractivity contribution in [3.63, 3.8) is 0 Å². The van der Waals surface area contributed by atoms with E-state index < -0.39 is 0 Å². The molecular weight excluding hydrogens is 388 g/mol. The largest absolute Gasteiger partial charge is 0.345 e. The van der Waals surface area contributed by atoms with E-state index in [4.69, 9.17) is 0 Å². The van der Waals surface area contributed by atoms with Crippen LogP contribution in [0.5, 0.6) is 0 Å². The van der Waals surface area contributed by atoms with Crippen LogP contribution in [-0.2, 0) is 4.79 Å². The van der Waals surface area contributed by atoms with E-state index >= 15 is 0 Å². The van der Waals surface area contributed by atoms with E-state index in [2.05, 4.69) is 5.32 Å². The molecule has 0 spiro atoms. The number of thioether (sulfide) groups is 1. The Hall–Kier alpha value is -1.79. The van der Waals surface area contributed by atoms with Crippen molar-refractivity contribution in [1.82, 2.24) is 10.2 Å². The van der Waals surface area contributed by atoms with Crippen molar-refractivity contribution in [3.8, 4) is 0 Å². The number of nitrogens with one attached hydrogen (secondary N) is 1. The van der Waals surface area contributed by atoms with Gasteiger partial charge in [0.25, 0.3) is 5.91 Å². The van der Waals surface area contributed by atoms with Gasteiger partial charge in [-0.25, -0.2) is 0 Å². The molecule has 1 atom stereocenters. The maximum Gasteiger partial charge on any atom is 0.252 e. The number of rotatable bonds is 7. The van der Waals surface area contributed by atoms with Crippen molar-refractivity contribution in [1.29, 1.82) is 0 Å². The lowest BCUT2D eigenvalue weighted by molar-refractivity contribution is -0.129. The molecule has 4 nitrogen and oxygen atoms in total. The molecular formula is C22H28N2O2S2. The maximum atomic E-state index is 12.8. The normalized spacial score (nSPS) is 15.8. The first-order chi connectivity index (χ1) is 13.6. The summed E-state index contributed by atoms with van der Waals surface area (Å²) in [5.41, 5.74) is 0.629. The minimum atomic E-state index is -0.0999. The predicted octanol–water partition coefficient (Wildman–Crippen LogP) is 5.12. The Morgan fingerprint density at radius 3 is 2.64 bits per heavy atom. The Labute approximate surface area is 175 Å². The van der Waals surface area contributed by atoms with Crippen LogP contribution < -0.4 is 5.32 Å². The number of thiophene rings is 1. The second-order valence-electron chi connectivity index (χ2n) is 7.29.